The molecule has 8 nitrogen and oxygen atoms in total. The van der Waals surface area contributed by atoms with Gasteiger partial charge >= 0.3 is 0 Å². The van der Waals surface area contributed by atoms with Gasteiger partial charge in [0.2, 0.25) is 5.09 Å². The first-order chi connectivity index (χ1) is 14.9. The highest BCUT2D eigenvalue weighted by atomic mass is 32.2. The number of sulfonamides is 1. The highest BCUT2D eigenvalue weighted by molar-refractivity contribution is 7.89. The molecule has 164 valence electrons. The monoisotopic (exact) mass is 446 g/mol. The van der Waals surface area contributed by atoms with Gasteiger partial charge in [-0.2, -0.15) is 4.31 Å². The van der Waals surface area contributed by atoms with E-state index in [-0.39, 0.29) is 10.9 Å². The molecule has 1 amide bonds. The highest BCUT2D eigenvalue weighted by Gasteiger charge is 2.30. The third-order valence-corrected chi connectivity index (χ3v) is 7.08. The maximum atomic E-state index is 13.4. The molecule has 10 heteroatoms. The molecule has 1 saturated heterocycles. The van der Waals surface area contributed by atoms with Crippen molar-refractivity contribution in [2.75, 3.05) is 13.1 Å². The second-order valence-electron chi connectivity index (χ2n) is 7.44. The van der Waals surface area contributed by atoms with Crippen LogP contribution >= 0.6 is 0 Å². The topological polar surface area (TPSA) is 97.4 Å². The van der Waals surface area contributed by atoms with Crippen LogP contribution in [0.5, 0.6) is 0 Å². The Morgan fingerprint density at radius 1 is 1.13 bits per heavy atom. The van der Waals surface area contributed by atoms with E-state index in [0.717, 1.165) is 19.3 Å². The van der Waals surface area contributed by atoms with Gasteiger partial charge in [0.15, 0.2) is 5.76 Å². The Bertz CT molecular complexity index is 1160. The minimum Gasteiger partial charge on any atom is -0.438 e. The Balaban J connectivity index is 1.58. The van der Waals surface area contributed by atoms with Crippen molar-refractivity contribution >= 4 is 15.9 Å². The lowest BCUT2D eigenvalue weighted by molar-refractivity contribution is 0.0907. The van der Waals surface area contributed by atoms with Crippen molar-refractivity contribution in [3.63, 3.8) is 0 Å². The number of aryl methyl sites for hydroxylation is 1. The summed E-state index contributed by atoms with van der Waals surface area (Å²) in [6, 6.07) is 7.67. The summed E-state index contributed by atoms with van der Waals surface area (Å²) in [5.74, 6) is -0.589. The molecule has 1 N–H and O–H groups in total. The first kappa shape index (κ1) is 21.3. The largest absolute Gasteiger partial charge is 0.438 e. The average molecular weight is 447 g/mol. The predicted molar refractivity (Wildman–Crippen MR) is 110 cm³/mol. The summed E-state index contributed by atoms with van der Waals surface area (Å²) >= 11 is 0. The number of carbonyl (C=O) groups is 1. The van der Waals surface area contributed by atoms with E-state index in [1.165, 1.54) is 28.6 Å². The average Bonchev–Trinajstić information content (AvgIpc) is 3.43. The van der Waals surface area contributed by atoms with E-state index < -0.39 is 27.8 Å². The Hall–Kier alpha value is -2.98. The predicted octanol–water partition coefficient (Wildman–Crippen LogP) is 2.85. The first-order valence-electron chi connectivity index (χ1n) is 10.00. The fourth-order valence-electron chi connectivity index (χ4n) is 3.62. The standard InChI is InChI=1S/C21H23FN4O4S/c1-25-14-11-23-20(25)19(15-5-7-16(22)8-6-15)24-21(27)17-9-10-18(30-17)31(28,29)26-12-3-2-4-13-26/h5-11,14,19H,2-4,12-13H2,1H3,(H,24,27). The number of benzene rings is 1. The number of carbonyl (C=O) groups excluding carboxylic acids is 1. The molecule has 4 rings (SSSR count). The molecule has 2 aromatic heterocycles. The molecular formula is C21H23FN4O4S. The molecule has 1 aliphatic heterocycles. The van der Waals surface area contributed by atoms with E-state index in [2.05, 4.69) is 10.3 Å². The van der Waals surface area contributed by atoms with Crippen LogP contribution in [0.2, 0.25) is 0 Å². The molecule has 1 aliphatic rings. The molecule has 1 atom stereocenters. The number of piperidine rings is 1. The molecule has 0 aliphatic carbocycles. The van der Waals surface area contributed by atoms with Crippen LogP contribution < -0.4 is 5.32 Å². The van der Waals surface area contributed by atoms with Crippen molar-refractivity contribution in [1.29, 1.82) is 0 Å². The Labute approximate surface area is 179 Å². The number of hydrogen-bond acceptors (Lipinski definition) is 5. The van der Waals surface area contributed by atoms with Crippen molar-refractivity contribution in [3.8, 4) is 0 Å². The lowest BCUT2D eigenvalue weighted by Gasteiger charge is -2.24. The zero-order valence-electron chi connectivity index (χ0n) is 17.0. The van der Waals surface area contributed by atoms with E-state index in [4.69, 9.17) is 4.42 Å². The van der Waals surface area contributed by atoms with E-state index in [1.54, 1.807) is 36.1 Å². The fourth-order valence-corrected chi connectivity index (χ4v) is 5.05. The van der Waals surface area contributed by atoms with Gasteiger partial charge in [0.05, 0.1) is 0 Å². The smallest absolute Gasteiger partial charge is 0.287 e. The van der Waals surface area contributed by atoms with Crippen LogP contribution in [-0.4, -0.2) is 41.3 Å². The van der Waals surface area contributed by atoms with Gasteiger partial charge in [0, 0.05) is 32.5 Å². The van der Waals surface area contributed by atoms with Gasteiger partial charge in [-0.1, -0.05) is 18.6 Å². The lowest BCUT2D eigenvalue weighted by atomic mass is 10.1. The zero-order valence-corrected chi connectivity index (χ0v) is 17.8. The Morgan fingerprint density at radius 3 is 2.48 bits per heavy atom. The SMILES string of the molecule is Cn1ccnc1C(NC(=O)c1ccc(S(=O)(=O)N2CCCCC2)o1)c1ccc(F)cc1. The number of rotatable bonds is 6. The molecule has 1 fully saturated rings. The molecule has 3 heterocycles. The van der Waals surface area contributed by atoms with Crippen molar-refractivity contribution in [2.45, 2.75) is 30.4 Å². The molecule has 0 saturated carbocycles. The van der Waals surface area contributed by atoms with Gasteiger partial charge < -0.3 is 14.3 Å². The second-order valence-corrected chi connectivity index (χ2v) is 9.31. The fraction of sp³-hybridized carbons (Fsp3) is 0.333. The van der Waals surface area contributed by atoms with Crippen molar-refractivity contribution in [2.24, 2.45) is 7.05 Å². The maximum Gasteiger partial charge on any atom is 0.287 e. The van der Waals surface area contributed by atoms with Crippen LogP contribution in [0.15, 0.2) is 58.3 Å². The molecule has 0 bridgehead atoms. The van der Waals surface area contributed by atoms with E-state index in [0.29, 0.717) is 24.5 Å². The van der Waals surface area contributed by atoms with Gasteiger partial charge in [-0.15, -0.1) is 0 Å². The molecule has 1 unspecified atom stereocenters. The number of furan rings is 1. The highest BCUT2D eigenvalue weighted by Crippen LogP contribution is 2.24. The van der Waals surface area contributed by atoms with Gasteiger partial charge in [0.1, 0.15) is 17.7 Å². The molecule has 3 aromatic rings. The minimum absolute atomic E-state index is 0.128. The second kappa shape index (κ2) is 8.64. The number of imidazole rings is 1. The summed E-state index contributed by atoms with van der Waals surface area (Å²) in [6.07, 6.45) is 5.92. The third-order valence-electron chi connectivity index (χ3n) is 5.31. The van der Waals surface area contributed by atoms with Gasteiger partial charge in [-0.3, -0.25) is 4.79 Å². The number of nitrogens with one attached hydrogen (secondary N) is 1. The molecule has 0 spiro atoms. The summed E-state index contributed by atoms with van der Waals surface area (Å²) in [7, 11) is -2.00. The normalized spacial score (nSPS) is 16.2. The van der Waals surface area contributed by atoms with Crippen LogP contribution in [0.1, 0.15) is 47.2 Å². The summed E-state index contributed by atoms with van der Waals surface area (Å²) in [4.78, 5) is 17.2. The number of amides is 1. The van der Waals surface area contributed by atoms with Crippen molar-refractivity contribution < 1.29 is 22.0 Å². The number of hydrogen-bond donors (Lipinski definition) is 1. The number of aromatic nitrogens is 2. The van der Waals surface area contributed by atoms with Crippen LogP contribution in [0.25, 0.3) is 0 Å². The Kier molecular flexibility index (Phi) is 5.92. The van der Waals surface area contributed by atoms with Crippen molar-refractivity contribution in [3.05, 3.63) is 71.8 Å². The quantitative estimate of drug-likeness (QED) is 0.628. The summed E-state index contributed by atoms with van der Waals surface area (Å²) in [5, 5.41) is 2.55. The van der Waals surface area contributed by atoms with E-state index in [9.17, 15) is 17.6 Å². The number of halogens is 1. The van der Waals surface area contributed by atoms with Gasteiger partial charge in [0.25, 0.3) is 15.9 Å². The van der Waals surface area contributed by atoms with E-state index in [1.807, 2.05) is 0 Å². The van der Waals surface area contributed by atoms with Crippen molar-refractivity contribution in [1.82, 2.24) is 19.2 Å². The maximum absolute atomic E-state index is 13.4. The molecule has 1 aromatic carbocycles. The third kappa shape index (κ3) is 4.40. The van der Waals surface area contributed by atoms with Crippen LogP contribution in [0.3, 0.4) is 0 Å². The number of nitrogens with zero attached hydrogens (tertiary/aromatic N) is 3. The van der Waals surface area contributed by atoms with Crippen LogP contribution in [0.4, 0.5) is 4.39 Å². The van der Waals surface area contributed by atoms with Crippen LogP contribution in [0, 0.1) is 5.82 Å². The molecule has 0 radical (unpaired) electrons. The lowest BCUT2D eigenvalue weighted by Crippen LogP contribution is -2.35. The summed E-state index contributed by atoms with van der Waals surface area (Å²) in [5.41, 5.74) is 0.622. The summed E-state index contributed by atoms with van der Waals surface area (Å²) in [6.45, 7) is 0.882. The zero-order chi connectivity index (χ0) is 22.0. The first-order valence-corrected chi connectivity index (χ1v) is 11.4. The van der Waals surface area contributed by atoms with Crippen LogP contribution in [-0.2, 0) is 17.1 Å². The molecular weight excluding hydrogens is 423 g/mol. The molecule has 31 heavy (non-hydrogen) atoms. The van der Waals surface area contributed by atoms with Gasteiger partial charge in [-0.05, 0) is 42.7 Å². The summed E-state index contributed by atoms with van der Waals surface area (Å²) < 4.78 is 47.5. The van der Waals surface area contributed by atoms with E-state index >= 15 is 0 Å². The minimum atomic E-state index is -3.78. The Morgan fingerprint density at radius 2 is 1.84 bits per heavy atom. The van der Waals surface area contributed by atoms with Gasteiger partial charge in [-0.25, -0.2) is 17.8 Å².